The van der Waals surface area contributed by atoms with Gasteiger partial charge in [0.2, 0.25) is 0 Å². The predicted molar refractivity (Wildman–Crippen MR) is 87.4 cm³/mol. The first kappa shape index (κ1) is 13.3. The molecule has 0 atom stereocenters. The van der Waals surface area contributed by atoms with Gasteiger partial charge < -0.3 is 0 Å². The van der Waals surface area contributed by atoms with Crippen molar-refractivity contribution in [2.75, 3.05) is 0 Å². The average molecular weight is 274 g/mol. The lowest BCUT2D eigenvalue weighted by atomic mass is 9.99. The molecule has 0 aliphatic rings. The minimum atomic E-state index is -0.202. The van der Waals surface area contributed by atoms with Crippen LogP contribution in [-0.4, -0.2) is 0 Å². The maximum atomic E-state index is 14.4. The first-order valence-electron chi connectivity index (χ1n) is 6.86. The Labute approximate surface area is 124 Å². The Bertz CT molecular complexity index is 756. The third-order valence-corrected chi connectivity index (χ3v) is 3.53. The van der Waals surface area contributed by atoms with Gasteiger partial charge in [-0.3, -0.25) is 0 Å². The molecule has 0 aromatic heterocycles. The molecule has 3 aromatic carbocycles. The highest BCUT2D eigenvalue weighted by Crippen LogP contribution is 2.28. The molecular formula is C20H15F. The van der Waals surface area contributed by atoms with Gasteiger partial charge >= 0.3 is 0 Å². The summed E-state index contributed by atoms with van der Waals surface area (Å²) in [6, 6.07) is 22.9. The van der Waals surface area contributed by atoms with Crippen molar-refractivity contribution in [2.45, 2.75) is 0 Å². The van der Waals surface area contributed by atoms with Crippen molar-refractivity contribution in [2.24, 2.45) is 0 Å². The van der Waals surface area contributed by atoms with Gasteiger partial charge in [-0.1, -0.05) is 79.4 Å². The van der Waals surface area contributed by atoms with Crippen molar-refractivity contribution < 1.29 is 4.39 Å². The summed E-state index contributed by atoms with van der Waals surface area (Å²) in [6.45, 7) is 3.73. The van der Waals surface area contributed by atoms with Crippen molar-refractivity contribution in [3.8, 4) is 22.3 Å². The summed E-state index contributed by atoms with van der Waals surface area (Å²) in [6.07, 6.45) is 1.79. The number of rotatable bonds is 3. The van der Waals surface area contributed by atoms with Crippen LogP contribution in [0.1, 0.15) is 5.56 Å². The zero-order valence-electron chi connectivity index (χ0n) is 11.6. The normalized spacial score (nSPS) is 10.3. The van der Waals surface area contributed by atoms with Crippen molar-refractivity contribution >= 4 is 6.08 Å². The van der Waals surface area contributed by atoms with Crippen molar-refractivity contribution in [1.82, 2.24) is 0 Å². The minimum Gasteiger partial charge on any atom is -0.206 e. The molecular weight excluding hydrogens is 259 g/mol. The largest absolute Gasteiger partial charge is 0.206 e. The minimum absolute atomic E-state index is 0.202. The van der Waals surface area contributed by atoms with Gasteiger partial charge in [0.15, 0.2) is 0 Å². The van der Waals surface area contributed by atoms with E-state index in [1.54, 1.807) is 12.1 Å². The zero-order chi connectivity index (χ0) is 14.7. The van der Waals surface area contributed by atoms with Crippen LogP contribution < -0.4 is 0 Å². The van der Waals surface area contributed by atoms with E-state index in [1.165, 1.54) is 0 Å². The van der Waals surface area contributed by atoms with Crippen LogP contribution >= 0.6 is 0 Å². The first-order chi connectivity index (χ1) is 10.3. The van der Waals surface area contributed by atoms with E-state index in [9.17, 15) is 4.39 Å². The fourth-order valence-corrected chi connectivity index (χ4v) is 2.36. The second kappa shape index (κ2) is 5.76. The van der Waals surface area contributed by atoms with Crippen LogP contribution in [-0.2, 0) is 0 Å². The second-order valence-electron chi connectivity index (χ2n) is 4.89. The van der Waals surface area contributed by atoms with E-state index >= 15 is 0 Å². The lowest BCUT2D eigenvalue weighted by Gasteiger charge is -2.07. The molecule has 21 heavy (non-hydrogen) atoms. The van der Waals surface area contributed by atoms with Crippen LogP contribution in [0.15, 0.2) is 79.4 Å². The molecule has 3 aromatic rings. The predicted octanol–water partition coefficient (Wildman–Crippen LogP) is 5.80. The van der Waals surface area contributed by atoms with E-state index in [4.69, 9.17) is 0 Å². The summed E-state index contributed by atoms with van der Waals surface area (Å²) < 4.78 is 14.4. The third-order valence-electron chi connectivity index (χ3n) is 3.53. The summed E-state index contributed by atoms with van der Waals surface area (Å²) in [5.41, 5.74) is 4.45. The Kier molecular flexibility index (Phi) is 3.65. The molecule has 0 bridgehead atoms. The molecule has 0 fully saturated rings. The maximum absolute atomic E-state index is 14.4. The summed E-state index contributed by atoms with van der Waals surface area (Å²) in [7, 11) is 0. The van der Waals surface area contributed by atoms with Crippen LogP contribution in [0.25, 0.3) is 28.3 Å². The van der Waals surface area contributed by atoms with E-state index in [1.807, 2.05) is 66.7 Å². The molecule has 0 saturated carbocycles. The van der Waals surface area contributed by atoms with Crippen LogP contribution in [0.3, 0.4) is 0 Å². The number of halogens is 1. The smallest absolute Gasteiger partial charge is 0.131 e. The number of benzene rings is 3. The lowest BCUT2D eigenvalue weighted by Crippen LogP contribution is -1.86. The third kappa shape index (κ3) is 2.77. The average Bonchev–Trinajstić information content (AvgIpc) is 2.55. The van der Waals surface area contributed by atoms with E-state index in [-0.39, 0.29) is 5.82 Å². The molecule has 102 valence electrons. The number of hydrogen-bond donors (Lipinski definition) is 0. The lowest BCUT2D eigenvalue weighted by molar-refractivity contribution is 0.632. The highest BCUT2D eigenvalue weighted by Gasteiger charge is 2.07. The summed E-state index contributed by atoms with van der Waals surface area (Å²) in [4.78, 5) is 0. The standard InChI is InChI=1S/C20H15F/c1-2-15-8-10-16(11-9-15)18-12-13-19(20(21)14-18)17-6-4-3-5-7-17/h2-14H,1H2. The molecule has 0 saturated heterocycles. The van der Waals surface area contributed by atoms with Crippen LogP contribution in [0.5, 0.6) is 0 Å². The van der Waals surface area contributed by atoms with Gasteiger partial charge in [0.25, 0.3) is 0 Å². The second-order valence-corrected chi connectivity index (χ2v) is 4.89. The molecule has 0 unspecified atom stereocenters. The molecule has 3 rings (SSSR count). The Morgan fingerprint density at radius 3 is 2.00 bits per heavy atom. The zero-order valence-corrected chi connectivity index (χ0v) is 11.6. The number of hydrogen-bond acceptors (Lipinski definition) is 0. The van der Waals surface area contributed by atoms with Gasteiger partial charge in [0.05, 0.1) is 0 Å². The Hall–Kier alpha value is -2.67. The molecule has 0 spiro atoms. The Balaban J connectivity index is 1.99. The maximum Gasteiger partial charge on any atom is 0.131 e. The van der Waals surface area contributed by atoms with Crippen molar-refractivity contribution in [1.29, 1.82) is 0 Å². The van der Waals surface area contributed by atoms with Crippen molar-refractivity contribution in [3.05, 3.63) is 90.8 Å². The molecule has 0 nitrogen and oxygen atoms in total. The summed E-state index contributed by atoms with van der Waals surface area (Å²) >= 11 is 0. The topological polar surface area (TPSA) is 0 Å². The highest BCUT2D eigenvalue weighted by atomic mass is 19.1. The molecule has 0 heterocycles. The first-order valence-corrected chi connectivity index (χ1v) is 6.86. The molecule has 0 aliphatic heterocycles. The van der Waals surface area contributed by atoms with Crippen molar-refractivity contribution in [3.63, 3.8) is 0 Å². The van der Waals surface area contributed by atoms with Crippen LogP contribution in [0.2, 0.25) is 0 Å². The highest BCUT2D eigenvalue weighted by molar-refractivity contribution is 5.71. The van der Waals surface area contributed by atoms with Gasteiger partial charge in [-0.15, -0.1) is 0 Å². The quantitative estimate of drug-likeness (QED) is 0.566. The van der Waals surface area contributed by atoms with E-state index < -0.39 is 0 Å². The van der Waals surface area contributed by atoms with Gasteiger partial charge in [-0.2, -0.15) is 0 Å². The van der Waals surface area contributed by atoms with E-state index in [2.05, 4.69) is 6.58 Å². The van der Waals surface area contributed by atoms with E-state index in [0.717, 1.165) is 22.3 Å². The van der Waals surface area contributed by atoms with Gasteiger partial charge in [0, 0.05) is 5.56 Å². The van der Waals surface area contributed by atoms with Gasteiger partial charge in [-0.25, -0.2) is 4.39 Å². The van der Waals surface area contributed by atoms with Gasteiger partial charge in [-0.05, 0) is 28.3 Å². The molecule has 0 aliphatic carbocycles. The molecule has 1 heteroatoms. The van der Waals surface area contributed by atoms with Crippen LogP contribution in [0.4, 0.5) is 4.39 Å². The molecule has 0 radical (unpaired) electrons. The Morgan fingerprint density at radius 1 is 0.714 bits per heavy atom. The fourth-order valence-electron chi connectivity index (χ4n) is 2.36. The molecule has 0 amide bonds. The van der Waals surface area contributed by atoms with Gasteiger partial charge in [0.1, 0.15) is 5.82 Å². The van der Waals surface area contributed by atoms with Crippen LogP contribution in [0, 0.1) is 5.82 Å². The molecule has 0 N–H and O–H groups in total. The fraction of sp³-hybridized carbons (Fsp3) is 0. The SMILES string of the molecule is C=Cc1ccc(-c2ccc(-c3ccccc3)c(F)c2)cc1. The Morgan fingerprint density at radius 2 is 1.38 bits per heavy atom. The van der Waals surface area contributed by atoms with E-state index in [0.29, 0.717) is 5.56 Å². The summed E-state index contributed by atoms with van der Waals surface area (Å²) in [5, 5.41) is 0. The monoisotopic (exact) mass is 274 g/mol. The summed E-state index contributed by atoms with van der Waals surface area (Å²) in [5.74, 6) is -0.202.